The molecular formula is C20H20BrN3O2. The van der Waals surface area contributed by atoms with Gasteiger partial charge in [-0.25, -0.2) is 4.98 Å². The Bertz CT molecular complexity index is 895. The second kappa shape index (κ2) is 7.51. The maximum Gasteiger partial charge on any atom is 0.162 e. The van der Waals surface area contributed by atoms with Gasteiger partial charge in [-0.05, 0) is 24.6 Å². The molecule has 134 valence electrons. The van der Waals surface area contributed by atoms with Crippen molar-refractivity contribution >= 4 is 15.9 Å². The van der Waals surface area contributed by atoms with Crippen molar-refractivity contribution in [1.29, 1.82) is 0 Å². The number of nitrogens with one attached hydrogen (secondary N) is 2. The van der Waals surface area contributed by atoms with Gasteiger partial charge in [0.15, 0.2) is 11.5 Å². The van der Waals surface area contributed by atoms with E-state index in [2.05, 4.69) is 38.1 Å². The number of benzene rings is 2. The van der Waals surface area contributed by atoms with Crippen LogP contribution in [-0.4, -0.2) is 23.2 Å². The molecular weight excluding hydrogens is 394 g/mol. The average Bonchev–Trinajstić information content (AvgIpc) is 3.15. The van der Waals surface area contributed by atoms with Gasteiger partial charge in [0.25, 0.3) is 0 Å². The van der Waals surface area contributed by atoms with E-state index in [-0.39, 0.29) is 6.04 Å². The molecule has 26 heavy (non-hydrogen) atoms. The van der Waals surface area contributed by atoms with Gasteiger partial charge < -0.3 is 19.8 Å². The lowest BCUT2D eigenvalue weighted by Crippen LogP contribution is -2.20. The molecule has 1 aromatic heterocycles. The number of nitrogens with zero attached hydrogens (tertiary/aromatic N) is 1. The maximum absolute atomic E-state index is 5.69. The largest absolute Gasteiger partial charge is 0.486 e. The summed E-state index contributed by atoms with van der Waals surface area (Å²) in [4.78, 5) is 7.84. The molecule has 0 bridgehead atoms. The Hall–Kier alpha value is -2.31. The Morgan fingerprint density at radius 1 is 1.15 bits per heavy atom. The van der Waals surface area contributed by atoms with E-state index in [1.54, 1.807) is 0 Å². The molecule has 2 heterocycles. The predicted molar refractivity (Wildman–Crippen MR) is 104 cm³/mol. The molecule has 4 rings (SSSR count). The second-order valence-electron chi connectivity index (χ2n) is 6.24. The minimum absolute atomic E-state index is 0.142. The van der Waals surface area contributed by atoms with Gasteiger partial charge in [-0.1, -0.05) is 46.3 Å². The van der Waals surface area contributed by atoms with E-state index in [1.807, 2.05) is 48.7 Å². The first kappa shape index (κ1) is 17.1. The summed E-state index contributed by atoms with van der Waals surface area (Å²) in [6.45, 7) is 4.01. The number of hydrogen-bond donors (Lipinski definition) is 2. The summed E-state index contributed by atoms with van der Waals surface area (Å²) in [7, 11) is 0. The lowest BCUT2D eigenvalue weighted by atomic mass is 10.1. The van der Waals surface area contributed by atoms with Crippen LogP contribution in [0.3, 0.4) is 0 Å². The van der Waals surface area contributed by atoms with Crippen LogP contribution in [0.5, 0.6) is 11.5 Å². The second-order valence-corrected chi connectivity index (χ2v) is 7.10. The SMILES string of the molecule is CC(NCc1cnc(-c2ccccc2)[nH]1)c1cc2c(cc1Br)OCCO2. The minimum Gasteiger partial charge on any atom is -0.486 e. The van der Waals surface area contributed by atoms with Crippen molar-refractivity contribution in [3.05, 3.63) is 64.4 Å². The first-order chi connectivity index (χ1) is 12.7. The Balaban J connectivity index is 1.44. The summed E-state index contributed by atoms with van der Waals surface area (Å²) in [5.74, 6) is 2.48. The van der Waals surface area contributed by atoms with Crippen LogP contribution < -0.4 is 14.8 Å². The first-order valence-corrected chi connectivity index (χ1v) is 9.42. The molecule has 1 aliphatic rings. The highest BCUT2D eigenvalue weighted by atomic mass is 79.9. The quantitative estimate of drug-likeness (QED) is 0.647. The van der Waals surface area contributed by atoms with Crippen molar-refractivity contribution in [2.24, 2.45) is 0 Å². The van der Waals surface area contributed by atoms with E-state index in [0.717, 1.165) is 38.6 Å². The highest BCUT2D eigenvalue weighted by Gasteiger charge is 2.18. The Kier molecular flexibility index (Phi) is 4.95. The Labute approximate surface area is 160 Å². The van der Waals surface area contributed by atoms with Crippen molar-refractivity contribution in [2.75, 3.05) is 13.2 Å². The summed E-state index contributed by atoms with van der Waals surface area (Å²) >= 11 is 3.64. The molecule has 1 aliphatic heterocycles. The lowest BCUT2D eigenvalue weighted by molar-refractivity contribution is 0.171. The third kappa shape index (κ3) is 3.61. The molecule has 2 aromatic carbocycles. The van der Waals surface area contributed by atoms with Crippen molar-refractivity contribution in [2.45, 2.75) is 19.5 Å². The van der Waals surface area contributed by atoms with E-state index in [9.17, 15) is 0 Å². The van der Waals surface area contributed by atoms with Gasteiger partial charge in [0.05, 0.1) is 0 Å². The van der Waals surface area contributed by atoms with Gasteiger partial charge in [0.1, 0.15) is 19.0 Å². The molecule has 1 unspecified atom stereocenters. The van der Waals surface area contributed by atoms with Gasteiger partial charge in [-0.2, -0.15) is 0 Å². The van der Waals surface area contributed by atoms with E-state index in [0.29, 0.717) is 19.8 Å². The van der Waals surface area contributed by atoms with E-state index >= 15 is 0 Å². The Morgan fingerprint density at radius 2 is 1.88 bits per heavy atom. The fourth-order valence-electron chi connectivity index (χ4n) is 2.98. The summed E-state index contributed by atoms with van der Waals surface area (Å²) < 4.78 is 12.3. The number of imidazole rings is 1. The number of halogens is 1. The van der Waals surface area contributed by atoms with Gasteiger partial charge in [-0.3, -0.25) is 0 Å². The number of rotatable bonds is 5. The van der Waals surface area contributed by atoms with E-state index in [1.165, 1.54) is 0 Å². The van der Waals surface area contributed by atoms with Crippen molar-refractivity contribution in [1.82, 2.24) is 15.3 Å². The monoisotopic (exact) mass is 413 g/mol. The number of H-pyrrole nitrogens is 1. The molecule has 0 saturated carbocycles. The van der Waals surface area contributed by atoms with Crippen LogP contribution in [0.2, 0.25) is 0 Å². The van der Waals surface area contributed by atoms with Gasteiger partial charge in [-0.15, -0.1) is 0 Å². The molecule has 0 spiro atoms. The molecule has 2 N–H and O–H groups in total. The molecule has 1 atom stereocenters. The van der Waals surface area contributed by atoms with Crippen molar-refractivity contribution in [3.63, 3.8) is 0 Å². The molecule has 0 fully saturated rings. The van der Waals surface area contributed by atoms with Crippen LogP contribution in [0.1, 0.15) is 24.2 Å². The smallest absolute Gasteiger partial charge is 0.162 e. The van der Waals surface area contributed by atoms with Crippen LogP contribution in [-0.2, 0) is 6.54 Å². The molecule has 0 amide bonds. The number of ether oxygens (including phenoxy) is 2. The predicted octanol–water partition coefficient (Wildman–Crippen LogP) is 4.46. The number of fused-ring (bicyclic) bond motifs is 1. The molecule has 0 radical (unpaired) electrons. The third-order valence-electron chi connectivity index (χ3n) is 4.40. The summed E-state index contributed by atoms with van der Waals surface area (Å²) in [5.41, 5.74) is 3.27. The summed E-state index contributed by atoms with van der Waals surface area (Å²) in [6, 6.07) is 14.3. The van der Waals surface area contributed by atoms with Crippen LogP contribution in [0.4, 0.5) is 0 Å². The number of aromatic amines is 1. The zero-order valence-electron chi connectivity index (χ0n) is 14.5. The third-order valence-corrected chi connectivity index (χ3v) is 5.09. The summed E-state index contributed by atoms with van der Waals surface area (Å²) in [6.07, 6.45) is 1.88. The standard InChI is InChI=1S/C20H20BrN3O2/c1-13(16-9-18-19(10-17(16)21)26-8-7-25-18)22-11-15-12-23-20(24-15)14-5-3-2-4-6-14/h2-6,9-10,12-13,22H,7-8,11H2,1H3,(H,23,24). The number of aromatic nitrogens is 2. The highest BCUT2D eigenvalue weighted by Crippen LogP contribution is 2.37. The van der Waals surface area contributed by atoms with Gasteiger partial charge in [0, 0.05) is 34.5 Å². The summed E-state index contributed by atoms with van der Waals surface area (Å²) in [5, 5.41) is 3.53. The van der Waals surface area contributed by atoms with Crippen LogP contribution in [0.15, 0.2) is 53.1 Å². The molecule has 0 saturated heterocycles. The van der Waals surface area contributed by atoms with Crippen molar-refractivity contribution < 1.29 is 9.47 Å². The van der Waals surface area contributed by atoms with E-state index < -0.39 is 0 Å². The van der Waals surface area contributed by atoms with Crippen LogP contribution >= 0.6 is 15.9 Å². The Morgan fingerprint density at radius 3 is 2.65 bits per heavy atom. The number of hydrogen-bond acceptors (Lipinski definition) is 4. The molecule has 5 nitrogen and oxygen atoms in total. The topological polar surface area (TPSA) is 59.2 Å². The fourth-order valence-corrected chi connectivity index (χ4v) is 3.64. The lowest BCUT2D eigenvalue weighted by Gasteiger charge is -2.22. The van der Waals surface area contributed by atoms with Gasteiger partial charge in [0.2, 0.25) is 0 Å². The zero-order chi connectivity index (χ0) is 17.9. The highest BCUT2D eigenvalue weighted by molar-refractivity contribution is 9.10. The van der Waals surface area contributed by atoms with E-state index in [4.69, 9.17) is 9.47 Å². The zero-order valence-corrected chi connectivity index (χ0v) is 16.0. The minimum atomic E-state index is 0.142. The fraction of sp³-hybridized carbons (Fsp3) is 0.250. The van der Waals surface area contributed by atoms with Gasteiger partial charge >= 0.3 is 0 Å². The average molecular weight is 414 g/mol. The first-order valence-electron chi connectivity index (χ1n) is 8.62. The normalized spacial score (nSPS) is 14.2. The molecule has 0 aliphatic carbocycles. The maximum atomic E-state index is 5.69. The van der Waals surface area contributed by atoms with Crippen LogP contribution in [0.25, 0.3) is 11.4 Å². The van der Waals surface area contributed by atoms with Crippen molar-refractivity contribution in [3.8, 4) is 22.9 Å². The molecule has 3 aromatic rings. The van der Waals surface area contributed by atoms with Crippen LogP contribution in [0, 0.1) is 0 Å². The molecule has 6 heteroatoms.